The highest BCUT2D eigenvalue weighted by atomic mass is 16.5. The Labute approximate surface area is 128 Å². The van der Waals surface area contributed by atoms with Crippen molar-refractivity contribution < 1.29 is 9.53 Å². The highest BCUT2D eigenvalue weighted by Crippen LogP contribution is 2.13. The average Bonchev–Trinajstić information content (AvgIpc) is 2.47. The molecule has 0 bridgehead atoms. The van der Waals surface area contributed by atoms with E-state index < -0.39 is 0 Å². The van der Waals surface area contributed by atoms with Crippen LogP contribution in [0.4, 0.5) is 0 Å². The molecule has 21 heavy (non-hydrogen) atoms. The number of rotatable bonds is 9. The Balaban J connectivity index is 2.64. The molecule has 0 spiro atoms. The van der Waals surface area contributed by atoms with Crippen LogP contribution in [0.3, 0.4) is 0 Å². The van der Waals surface area contributed by atoms with Crippen molar-refractivity contribution >= 4 is 5.97 Å². The van der Waals surface area contributed by atoms with E-state index in [-0.39, 0.29) is 5.97 Å². The number of nitrogens with zero attached hydrogens (tertiary/aromatic N) is 2. The molecule has 0 saturated heterocycles. The van der Waals surface area contributed by atoms with Gasteiger partial charge in [0, 0.05) is 6.54 Å². The molecule has 0 aliphatic rings. The van der Waals surface area contributed by atoms with Gasteiger partial charge in [-0.05, 0) is 51.3 Å². The average molecular weight is 292 g/mol. The Morgan fingerprint density at radius 3 is 2.38 bits per heavy atom. The minimum absolute atomic E-state index is 0.182. The third-order valence-corrected chi connectivity index (χ3v) is 3.60. The van der Waals surface area contributed by atoms with Crippen LogP contribution in [0, 0.1) is 0 Å². The molecule has 4 heteroatoms. The summed E-state index contributed by atoms with van der Waals surface area (Å²) in [6.45, 7) is 6.25. The minimum Gasteiger partial charge on any atom is -0.469 e. The summed E-state index contributed by atoms with van der Waals surface area (Å²) in [4.78, 5) is 16.1. The molecule has 0 amide bonds. The lowest BCUT2D eigenvalue weighted by atomic mass is 10.0. The summed E-state index contributed by atoms with van der Waals surface area (Å²) in [6.07, 6.45) is 1.50. The molecule has 0 aliphatic carbocycles. The van der Waals surface area contributed by atoms with Crippen LogP contribution in [0.2, 0.25) is 0 Å². The first-order valence-electron chi connectivity index (χ1n) is 7.57. The van der Waals surface area contributed by atoms with Gasteiger partial charge < -0.3 is 9.64 Å². The van der Waals surface area contributed by atoms with E-state index in [4.69, 9.17) is 4.74 Å². The molecule has 0 aromatic heterocycles. The molecule has 1 rings (SSSR count). The largest absolute Gasteiger partial charge is 0.469 e. The minimum atomic E-state index is -0.182. The fraction of sp³-hybridized carbons (Fsp3) is 0.588. The Kier molecular flexibility index (Phi) is 8.01. The number of carbonyl (C=O) groups is 1. The zero-order valence-corrected chi connectivity index (χ0v) is 13.8. The first-order valence-corrected chi connectivity index (χ1v) is 7.57. The quantitative estimate of drug-likeness (QED) is 0.653. The third-order valence-electron chi connectivity index (χ3n) is 3.60. The van der Waals surface area contributed by atoms with Crippen molar-refractivity contribution in [2.45, 2.75) is 26.3 Å². The highest BCUT2D eigenvalue weighted by molar-refractivity contribution is 5.72. The molecule has 118 valence electrons. The van der Waals surface area contributed by atoms with Gasteiger partial charge in [0.1, 0.15) is 0 Å². The van der Waals surface area contributed by atoms with Crippen LogP contribution in [0.5, 0.6) is 0 Å². The van der Waals surface area contributed by atoms with Gasteiger partial charge >= 0.3 is 5.97 Å². The molecular formula is C17H28N2O2. The van der Waals surface area contributed by atoms with Gasteiger partial charge in [0.05, 0.1) is 13.5 Å². The third kappa shape index (κ3) is 6.74. The van der Waals surface area contributed by atoms with Crippen LogP contribution in [0.1, 0.15) is 24.5 Å². The summed E-state index contributed by atoms with van der Waals surface area (Å²) in [6, 6.07) is 8.13. The van der Waals surface area contributed by atoms with Crippen molar-refractivity contribution in [1.29, 1.82) is 0 Å². The lowest BCUT2D eigenvalue weighted by Gasteiger charge is -2.22. The molecule has 0 fully saturated rings. The van der Waals surface area contributed by atoms with Crippen LogP contribution in [-0.2, 0) is 22.5 Å². The Morgan fingerprint density at radius 1 is 1.14 bits per heavy atom. The number of carbonyl (C=O) groups excluding carboxylic acids is 1. The van der Waals surface area contributed by atoms with Crippen molar-refractivity contribution in [3.63, 3.8) is 0 Å². The predicted molar refractivity (Wildman–Crippen MR) is 86.3 cm³/mol. The summed E-state index contributed by atoms with van der Waals surface area (Å²) in [5, 5.41) is 0. The van der Waals surface area contributed by atoms with Crippen LogP contribution < -0.4 is 0 Å². The van der Waals surface area contributed by atoms with Gasteiger partial charge in [0.15, 0.2) is 0 Å². The lowest BCUT2D eigenvalue weighted by Crippen LogP contribution is -2.27. The van der Waals surface area contributed by atoms with E-state index in [1.807, 2.05) is 18.2 Å². The first-order chi connectivity index (χ1) is 10.1. The maximum atomic E-state index is 11.5. The van der Waals surface area contributed by atoms with E-state index in [2.05, 4.69) is 36.9 Å². The van der Waals surface area contributed by atoms with Gasteiger partial charge in [-0.2, -0.15) is 0 Å². The van der Waals surface area contributed by atoms with Crippen LogP contribution in [-0.4, -0.2) is 56.6 Å². The second-order valence-corrected chi connectivity index (χ2v) is 5.55. The number of methoxy groups -OCH3 is 1. The molecule has 0 unspecified atom stereocenters. The standard InChI is InChI=1S/C17H28N2O2/c1-5-19(12-8-11-18(2)3)14-16-10-7-6-9-15(16)13-17(20)21-4/h6-7,9-10H,5,8,11-14H2,1-4H3. The number of esters is 1. The summed E-state index contributed by atoms with van der Waals surface area (Å²) >= 11 is 0. The van der Waals surface area contributed by atoms with Gasteiger partial charge in [-0.1, -0.05) is 31.2 Å². The van der Waals surface area contributed by atoms with Gasteiger partial charge in [0.2, 0.25) is 0 Å². The van der Waals surface area contributed by atoms with Gasteiger partial charge in [-0.25, -0.2) is 0 Å². The summed E-state index contributed by atoms with van der Waals surface area (Å²) in [5.41, 5.74) is 2.28. The monoisotopic (exact) mass is 292 g/mol. The van der Waals surface area contributed by atoms with Crippen LogP contribution >= 0.6 is 0 Å². The van der Waals surface area contributed by atoms with Gasteiger partial charge in [-0.3, -0.25) is 9.69 Å². The fourth-order valence-corrected chi connectivity index (χ4v) is 2.31. The molecule has 0 saturated carbocycles. The zero-order valence-electron chi connectivity index (χ0n) is 13.8. The van der Waals surface area contributed by atoms with Crippen molar-refractivity contribution in [3.8, 4) is 0 Å². The predicted octanol–water partition coefficient (Wildman–Crippen LogP) is 2.18. The molecule has 1 aromatic carbocycles. The SMILES string of the molecule is CCN(CCCN(C)C)Cc1ccccc1CC(=O)OC. The summed E-state index contributed by atoms with van der Waals surface area (Å²) in [5.74, 6) is -0.182. The second kappa shape index (κ2) is 9.53. The summed E-state index contributed by atoms with van der Waals surface area (Å²) in [7, 11) is 5.63. The molecule has 4 nitrogen and oxygen atoms in total. The molecule has 1 aromatic rings. The maximum Gasteiger partial charge on any atom is 0.309 e. The number of hydrogen-bond donors (Lipinski definition) is 0. The van der Waals surface area contributed by atoms with Gasteiger partial charge in [-0.15, -0.1) is 0 Å². The molecular weight excluding hydrogens is 264 g/mol. The zero-order chi connectivity index (χ0) is 15.7. The summed E-state index contributed by atoms with van der Waals surface area (Å²) < 4.78 is 4.77. The molecule has 0 atom stereocenters. The van der Waals surface area contributed by atoms with E-state index in [9.17, 15) is 4.79 Å². The van der Waals surface area contributed by atoms with Crippen molar-refractivity contribution in [3.05, 3.63) is 35.4 Å². The van der Waals surface area contributed by atoms with E-state index in [0.717, 1.165) is 38.2 Å². The van der Waals surface area contributed by atoms with Gasteiger partial charge in [0.25, 0.3) is 0 Å². The van der Waals surface area contributed by atoms with E-state index in [1.54, 1.807) is 0 Å². The Morgan fingerprint density at radius 2 is 1.81 bits per heavy atom. The second-order valence-electron chi connectivity index (χ2n) is 5.55. The smallest absolute Gasteiger partial charge is 0.309 e. The van der Waals surface area contributed by atoms with E-state index in [1.165, 1.54) is 12.7 Å². The highest BCUT2D eigenvalue weighted by Gasteiger charge is 2.10. The number of hydrogen-bond acceptors (Lipinski definition) is 4. The normalized spacial score (nSPS) is 11.1. The molecule has 0 aliphatic heterocycles. The molecule has 0 radical (unpaired) electrons. The fourth-order valence-electron chi connectivity index (χ4n) is 2.31. The van der Waals surface area contributed by atoms with Crippen molar-refractivity contribution in [2.75, 3.05) is 40.8 Å². The molecule has 0 N–H and O–H groups in total. The lowest BCUT2D eigenvalue weighted by molar-refractivity contribution is -0.139. The number of benzene rings is 1. The Bertz CT molecular complexity index is 433. The maximum absolute atomic E-state index is 11.5. The van der Waals surface area contributed by atoms with E-state index in [0.29, 0.717) is 6.42 Å². The molecule has 0 heterocycles. The Hall–Kier alpha value is -1.39. The van der Waals surface area contributed by atoms with Crippen molar-refractivity contribution in [1.82, 2.24) is 9.80 Å². The van der Waals surface area contributed by atoms with Crippen molar-refractivity contribution in [2.24, 2.45) is 0 Å². The first kappa shape index (κ1) is 17.7. The van der Waals surface area contributed by atoms with E-state index >= 15 is 0 Å². The van der Waals surface area contributed by atoms with Crippen LogP contribution in [0.25, 0.3) is 0 Å². The topological polar surface area (TPSA) is 32.8 Å². The number of ether oxygens (including phenoxy) is 1. The van der Waals surface area contributed by atoms with Crippen LogP contribution in [0.15, 0.2) is 24.3 Å².